The fourth-order valence-electron chi connectivity index (χ4n) is 3.82. The Labute approximate surface area is 130 Å². The molecule has 1 amide bonds. The van der Waals surface area contributed by atoms with Crippen molar-refractivity contribution in [3.63, 3.8) is 0 Å². The fourth-order valence-corrected chi connectivity index (χ4v) is 3.82. The van der Waals surface area contributed by atoms with E-state index in [1.165, 1.54) is 25.7 Å². The van der Waals surface area contributed by atoms with E-state index < -0.39 is 5.82 Å². The van der Waals surface area contributed by atoms with Gasteiger partial charge in [0, 0.05) is 24.7 Å². The number of nitrogens with zero attached hydrogens (tertiary/aromatic N) is 2. The number of benzene rings is 1. The number of amides is 1. The van der Waals surface area contributed by atoms with Gasteiger partial charge in [-0.05, 0) is 51.4 Å². The van der Waals surface area contributed by atoms with E-state index in [0.29, 0.717) is 11.8 Å². The summed E-state index contributed by atoms with van der Waals surface area (Å²) in [6, 6.07) is 5.07. The van der Waals surface area contributed by atoms with Crippen LogP contribution < -0.4 is 4.74 Å². The summed E-state index contributed by atoms with van der Waals surface area (Å²) in [7, 11) is 3.61. The van der Waals surface area contributed by atoms with Gasteiger partial charge in [-0.15, -0.1) is 0 Å². The average molecular weight is 306 g/mol. The Kier molecular flexibility index (Phi) is 4.34. The highest BCUT2D eigenvalue weighted by molar-refractivity contribution is 5.95. The van der Waals surface area contributed by atoms with Crippen molar-refractivity contribution in [1.29, 1.82) is 0 Å². The average Bonchev–Trinajstić information content (AvgIpc) is 3.14. The van der Waals surface area contributed by atoms with E-state index in [9.17, 15) is 9.18 Å². The topological polar surface area (TPSA) is 32.8 Å². The summed E-state index contributed by atoms with van der Waals surface area (Å²) in [5.41, 5.74) is 0.147. The van der Waals surface area contributed by atoms with Gasteiger partial charge in [0.15, 0.2) is 0 Å². The van der Waals surface area contributed by atoms with Gasteiger partial charge in [-0.2, -0.15) is 0 Å². The SMILES string of the molecule is COc1ccc(C(=O)N2CCC[C@H]2[C@@H]2CCCN2C)c(F)c1. The third kappa shape index (κ3) is 2.70. The lowest BCUT2D eigenvalue weighted by Gasteiger charge is -2.33. The molecule has 1 aromatic rings. The Morgan fingerprint density at radius 1 is 1.23 bits per heavy atom. The van der Waals surface area contributed by atoms with Crippen LogP contribution in [0.3, 0.4) is 0 Å². The van der Waals surface area contributed by atoms with Crippen LogP contribution in [0.4, 0.5) is 4.39 Å². The van der Waals surface area contributed by atoms with Gasteiger partial charge in [0.25, 0.3) is 5.91 Å². The van der Waals surface area contributed by atoms with E-state index in [-0.39, 0.29) is 17.5 Å². The molecule has 0 spiro atoms. The second-order valence-electron chi connectivity index (χ2n) is 6.24. The van der Waals surface area contributed by atoms with E-state index in [4.69, 9.17) is 4.74 Å². The second-order valence-corrected chi connectivity index (χ2v) is 6.24. The zero-order chi connectivity index (χ0) is 15.7. The number of halogens is 1. The molecule has 4 nitrogen and oxygen atoms in total. The molecule has 2 fully saturated rings. The van der Waals surface area contributed by atoms with Gasteiger partial charge >= 0.3 is 0 Å². The maximum Gasteiger partial charge on any atom is 0.257 e. The number of hydrogen-bond donors (Lipinski definition) is 0. The maximum atomic E-state index is 14.2. The van der Waals surface area contributed by atoms with E-state index in [2.05, 4.69) is 11.9 Å². The Morgan fingerprint density at radius 2 is 1.95 bits per heavy atom. The maximum absolute atomic E-state index is 14.2. The Hall–Kier alpha value is -1.62. The number of likely N-dealkylation sites (N-methyl/N-ethyl adjacent to an activating group) is 1. The fraction of sp³-hybridized carbons (Fsp3) is 0.588. The van der Waals surface area contributed by atoms with Crippen LogP contribution in [0.25, 0.3) is 0 Å². The van der Waals surface area contributed by atoms with Crippen molar-refractivity contribution in [3.05, 3.63) is 29.6 Å². The number of methoxy groups -OCH3 is 1. The molecule has 0 aliphatic carbocycles. The zero-order valence-electron chi connectivity index (χ0n) is 13.2. The Balaban J connectivity index is 1.81. The molecule has 0 radical (unpaired) electrons. The predicted octanol–water partition coefficient (Wildman–Crippen LogP) is 2.53. The molecular weight excluding hydrogens is 283 g/mol. The van der Waals surface area contributed by atoms with Gasteiger partial charge in [0.05, 0.1) is 12.7 Å². The van der Waals surface area contributed by atoms with Gasteiger partial charge in [-0.25, -0.2) is 4.39 Å². The molecule has 3 rings (SSSR count). The van der Waals surface area contributed by atoms with Gasteiger partial charge in [0.1, 0.15) is 11.6 Å². The van der Waals surface area contributed by atoms with Gasteiger partial charge in [0.2, 0.25) is 0 Å². The standard InChI is InChI=1S/C17H23FN2O2/c1-19-9-3-5-15(19)16-6-4-10-20(16)17(21)13-8-7-12(22-2)11-14(13)18/h7-8,11,15-16H,3-6,9-10H2,1-2H3/t15-,16-/m0/s1. The molecule has 120 valence electrons. The van der Waals surface area contributed by atoms with Crippen molar-refractivity contribution in [1.82, 2.24) is 9.80 Å². The van der Waals surface area contributed by atoms with Crippen LogP contribution in [0.1, 0.15) is 36.0 Å². The highest BCUT2D eigenvalue weighted by Gasteiger charge is 2.39. The van der Waals surface area contributed by atoms with Crippen LogP contribution in [0.5, 0.6) is 5.75 Å². The van der Waals surface area contributed by atoms with Crippen LogP contribution in [-0.4, -0.2) is 55.0 Å². The summed E-state index contributed by atoms with van der Waals surface area (Å²) < 4.78 is 19.2. The van der Waals surface area contributed by atoms with Gasteiger partial charge in [-0.1, -0.05) is 0 Å². The number of likely N-dealkylation sites (tertiary alicyclic amines) is 2. The first-order chi connectivity index (χ1) is 10.6. The van der Waals surface area contributed by atoms with Crippen LogP contribution in [0, 0.1) is 5.82 Å². The number of carbonyl (C=O) groups is 1. The molecule has 0 unspecified atom stereocenters. The second kappa shape index (κ2) is 6.24. The third-order valence-corrected chi connectivity index (χ3v) is 4.99. The van der Waals surface area contributed by atoms with Crippen molar-refractivity contribution in [2.75, 3.05) is 27.2 Å². The summed E-state index contributed by atoms with van der Waals surface area (Å²) >= 11 is 0. The highest BCUT2D eigenvalue weighted by atomic mass is 19.1. The van der Waals surface area contributed by atoms with Crippen molar-refractivity contribution in [2.45, 2.75) is 37.8 Å². The van der Waals surface area contributed by atoms with Crippen LogP contribution in [-0.2, 0) is 0 Å². The zero-order valence-corrected chi connectivity index (χ0v) is 13.2. The first-order valence-corrected chi connectivity index (χ1v) is 7.96. The molecule has 0 aromatic heterocycles. The molecule has 0 N–H and O–H groups in total. The molecule has 0 bridgehead atoms. The monoisotopic (exact) mass is 306 g/mol. The molecule has 22 heavy (non-hydrogen) atoms. The predicted molar refractivity (Wildman–Crippen MR) is 82.7 cm³/mol. The lowest BCUT2D eigenvalue weighted by Crippen LogP contribution is -2.47. The molecule has 2 atom stereocenters. The Bertz CT molecular complexity index is 564. The quantitative estimate of drug-likeness (QED) is 0.860. The molecular formula is C17H23FN2O2. The molecule has 2 aliphatic rings. The minimum Gasteiger partial charge on any atom is -0.497 e. The normalized spacial score (nSPS) is 25.7. The largest absolute Gasteiger partial charge is 0.497 e. The van der Waals surface area contributed by atoms with Crippen molar-refractivity contribution < 1.29 is 13.9 Å². The van der Waals surface area contributed by atoms with Crippen molar-refractivity contribution in [3.8, 4) is 5.75 Å². The first-order valence-electron chi connectivity index (χ1n) is 7.96. The van der Waals surface area contributed by atoms with E-state index in [1.807, 2.05) is 4.90 Å². The molecule has 2 saturated heterocycles. The van der Waals surface area contributed by atoms with Gasteiger partial charge in [-0.3, -0.25) is 4.79 Å². The van der Waals surface area contributed by atoms with Crippen molar-refractivity contribution >= 4 is 5.91 Å². The number of hydrogen-bond acceptors (Lipinski definition) is 3. The number of carbonyl (C=O) groups excluding carboxylic acids is 1. The van der Waals surface area contributed by atoms with Crippen LogP contribution in [0.15, 0.2) is 18.2 Å². The van der Waals surface area contributed by atoms with Crippen LogP contribution >= 0.6 is 0 Å². The summed E-state index contributed by atoms with van der Waals surface area (Å²) in [6.07, 6.45) is 4.31. The molecule has 2 aliphatic heterocycles. The molecule has 2 heterocycles. The lowest BCUT2D eigenvalue weighted by molar-refractivity contribution is 0.0659. The first kappa shape index (κ1) is 15.3. The van der Waals surface area contributed by atoms with Crippen LogP contribution in [0.2, 0.25) is 0 Å². The summed E-state index contributed by atoms with van der Waals surface area (Å²) in [5, 5.41) is 0. The Morgan fingerprint density at radius 3 is 2.59 bits per heavy atom. The molecule has 1 aromatic carbocycles. The number of rotatable bonds is 3. The summed E-state index contributed by atoms with van der Waals surface area (Å²) in [4.78, 5) is 17.0. The number of ether oxygens (including phenoxy) is 1. The third-order valence-electron chi connectivity index (χ3n) is 4.99. The smallest absolute Gasteiger partial charge is 0.257 e. The molecule has 5 heteroatoms. The lowest BCUT2D eigenvalue weighted by atomic mass is 10.0. The minimum absolute atomic E-state index is 0.147. The highest BCUT2D eigenvalue weighted by Crippen LogP contribution is 2.30. The van der Waals surface area contributed by atoms with E-state index >= 15 is 0 Å². The van der Waals surface area contributed by atoms with E-state index in [0.717, 1.165) is 32.4 Å². The molecule has 0 saturated carbocycles. The minimum atomic E-state index is -0.505. The summed E-state index contributed by atoms with van der Waals surface area (Å²) in [5.74, 6) is -0.264. The van der Waals surface area contributed by atoms with Crippen molar-refractivity contribution in [2.24, 2.45) is 0 Å². The van der Waals surface area contributed by atoms with E-state index in [1.54, 1.807) is 6.07 Å². The summed E-state index contributed by atoms with van der Waals surface area (Å²) in [6.45, 7) is 1.80. The van der Waals surface area contributed by atoms with Gasteiger partial charge < -0.3 is 14.5 Å².